The maximum Gasteiger partial charge on any atom is 0.314 e. The average Bonchev–Trinajstić information content (AvgIpc) is 2.48. The lowest BCUT2D eigenvalue weighted by molar-refractivity contribution is 0.441. The molecule has 0 saturated carbocycles. The van der Waals surface area contributed by atoms with Crippen molar-refractivity contribution in [1.29, 1.82) is 0 Å². The molecule has 1 heterocycles. The van der Waals surface area contributed by atoms with Gasteiger partial charge < -0.3 is 5.11 Å². The maximum atomic E-state index is 11.5. The van der Waals surface area contributed by atoms with Gasteiger partial charge >= 0.3 is 4.87 Å². The molecule has 0 spiro atoms. The molecule has 0 aliphatic carbocycles. The zero-order valence-electron chi connectivity index (χ0n) is 8.52. The molecule has 0 radical (unpaired) electrons. The van der Waals surface area contributed by atoms with Gasteiger partial charge in [0.05, 0.1) is 11.1 Å². The Labute approximate surface area is 91.2 Å². The van der Waals surface area contributed by atoms with Crippen LogP contribution in [-0.2, 0) is 0 Å². The van der Waals surface area contributed by atoms with E-state index in [1.165, 1.54) is 9.95 Å². The number of nitrogens with zero attached hydrogens (tertiary/aromatic N) is 1. The normalized spacial score (nSPS) is 10.5. The van der Waals surface area contributed by atoms with E-state index in [2.05, 4.69) is 0 Å². The smallest absolute Gasteiger partial charge is 0.314 e. The highest BCUT2D eigenvalue weighted by Crippen LogP contribution is 2.20. The van der Waals surface area contributed by atoms with E-state index in [0.717, 1.165) is 28.2 Å². The molecule has 0 aliphatic heterocycles. The second kappa shape index (κ2) is 3.55. The van der Waals surface area contributed by atoms with Gasteiger partial charge in [-0.1, -0.05) is 29.0 Å². The number of thiazole rings is 1. The van der Waals surface area contributed by atoms with E-state index in [1.54, 1.807) is 0 Å². The van der Waals surface area contributed by atoms with Crippen LogP contribution in [0, 0.1) is 13.8 Å². The molecule has 78 valence electrons. The standard InChI is InChI=1S/C11H11NO2S/c1-7-3-4-9(8(2)5-7)12-10(13)6-15-11(12)14/h3-6,13H,1-2H3. The van der Waals surface area contributed by atoms with Gasteiger partial charge in [-0.15, -0.1) is 0 Å². The number of aromatic nitrogens is 1. The monoisotopic (exact) mass is 221 g/mol. The largest absolute Gasteiger partial charge is 0.494 e. The first-order valence-corrected chi connectivity index (χ1v) is 5.44. The van der Waals surface area contributed by atoms with Crippen molar-refractivity contribution in [2.24, 2.45) is 0 Å². The second-order valence-electron chi connectivity index (χ2n) is 3.49. The fraction of sp³-hybridized carbons (Fsp3) is 0.182. The zero-order valence-corrected chi connectivity index (χ0v) is 9.34. The van der Waals surface area contributed by atoms with Gasteiger partial charge in [0.15, 0.2) is 0 Å². The molecule has 4 heteroatoms. The van der Waals surface area contributed by atoms with Crippen molar-refractivity contribution in [2.45, 2.75) is 13.8 Å². The van der Waals surface area contributed by atoms with Crippen LogP contribution in [0.2, 0.25) is 0 Å². The third kappa shape index (κ3) is 1.68. The van der Waals surface area contributed by atoms with Gasteiger partial charge in [-0.25, -0.2) is 4.57 Å². The van der Waals surface area contributed by atoms with Gasteiger partial charge in [-0.3, -0.25) is 4.79 Å². The Morgan fingerprint density at radius 2 is 2.07 bits per heavy atom. The Morgan fingerprint density at radius 3 is 2.60 bits per heavy atom. The molecule has 0 bridgehead atoms. The summed E-state index contributed by atoms with van der Waals surface area (Å²) in [7, 11) is 0. The van der Waals surface area contributed by atoms with E-state index in [9.17, 15) is 9.90 Å². The summed E-state index contributed by atoms with van der Waals surface area (Å²) in [6.07, 6.45) is 0. The summed E-state index contributed by atoms with van der Waals surface area (Å²) in [5, 5.41) is 11.0. The van der Waals surface area contributed by atoms with Gasteiger partial charge in [0.25, 0.3) is 0 Å². The molecule has 0 amide bonds. The first kappa shape index (κ1) is 9.98. The summed E-state index contributed by atoms with van der Waals surface area (Å²) >= 11 is 0.996. The van der Waals surface area contributed by atoms with Crippen LogP contribution in [0.5, 0.6) is 5.88 Å². The summed E-state index contributed by atoms with van der Waals surface area (Å²) in [6.45, 7) is 3.92. The summed E-state index contributed by atoms with van der Waals surface area (Å²) < 4.78 is 1.32. The lowest BCUT2D eigenvalue weighted by Crippen LogP contribution is -2.11. The lowest BCUT2D eigenvalue weighted by Gasteiger charge is -2.07. The topological polar surface area (TPSA) is 42.2 Å². The number of hydrogen-bond donors (Lipinski definition) is 1. The Kier molecular flexibility index (Phi) is 2.36. The first-order chi connectivity index (χ1) is 7.09. The van der Waals surface area contributed by atoms with Gasteiger partial charge in [-0.2, -0.15) is 0 Å². The van der Waals surface area contributed by atoms with Crippen LogP contribution in [0.15, 0.2) is 28.4 Å². The molecule has 0 unspecified atom stereocenters. The van der Waals surface area contributed by atoms with Crippen LogP contribution >= 0.6 is 11.3 Å². The third-order valence-corrected chi connectivity index (χ3v) is 2.98. The van der Waals surface area contributed by atoms with Crippen molar-refractivity contribution in [3.05, 3.63) is 44.4 Å². The average molecular weight is 221 g/mol. The molecule has 1 aromatic carbocycles. The van der Waals surface area contributed by atoms with Gasteiger partial charge in [0.1, 0.15) is 0 Å². The first-order valence-electron chi connectivity index (χ1n) is 4.57. The molecule has 1 N–H and O–H groups in total. The number of hydrogen-bond acceptors (Lipinski definition) is 3. The molecule has 0 aliphatic rings. The summed E-state index contributed by atoms with van der Waals surface area (Å²) in [6, 6.07) is 5.75. The van der Waals surface area contributed by atoms with Crippen LogP contribution in [0.3, 0.4) is 0 Å². The fourth-order valence-electron chi connectivity index (χ4n) is 1.58. The second-order valence-corrected chi connectivity index (χ2v) is 4.31. The van der Waals surface area contributed by atoms with Crippen LogP contribution in [0.4, 0.5) is 0 Å². The molecular weight excluding hydrogens is 210 g/mol. The number of aromatic hydroxyl groups is 1. The van der Waals surface area contributed by atoms with Crippen molar-refractivity contribution < 1.29 is 5.11 Å². The Balaban J connectivity index is 2.69. The molecule has 2 aromatic rings. The minimum atomic E-state index is -0.167. The molecule has 2 rings (SSSR count). The Bertz CT molecular complexity index is 554. The predicted molar refractivity (Wildman–Crippen MR) is 61.1 cm³/mol. The highest BCUT2D eigenvalue weighted by molar-refractivity contribution is 7.07. The van der Waals surface area contributed by atoms with E-state index in [0.29, 0.717) is 0 Å². The maximum absolute atomic E-state index is 11.5. The predicted octanol–water partition coefficient (Wildman–Crippen LogP) is 2.22. The van der Waals surface area contributed by atoms with Crippen LogP contribution in [0.25, 0.3) is 5.69 Å². The summed E-state index contributed by atoms with van der Waals surface area (Å²) in [5.74, 6) is -0.00282. The van der Waals surface area contributed by atoms with E-state index in [4.69, 9.17) is 0 Å². The number of aryl methyl sites for hydroxylation is 2. The van der Waals surface area contributed by atoms with Gasteiger partial charge in [0.2, 0.25) is 5.88 Å². The fourth-order valence-corrected chi connectivity index (χ4v) is 2.19. The Hall–Kier alpha value is -1.55. The van der Waals surface area contributed by atoms with Crippen molar-refractivity contribution in [3.63, 3.8) is 0 Å². The zero-order chi connectivity index (χ0) is 11.0. The minimum Gasteiger partial charge on any atom is -0.494 e. The molecule has 1 aromatic heterocycles. The molecule has 0 saturated heterocycles. The van der Waals surface area contributed by atoms with Crippen molar-refractivity contribution in [1.82, 2.24) is 4.57 Å². The Morgan fingerprint density at radius 1 is 1.33 bits per heavy atom. The van der Waals surface area contributed by atoms with Crippen LogP contribution in [0.1, 0.15) is 11.1 Å². The van der Waals surface area contributed by atoms with E-state index >= 15 is 0 Å². The van der Waals surface area contributed by atoms with Crippen LogP contribution < -0.4 is 4.87 Å². The number of rotatable bonds is 1. The summed E-state index contributed by atoms with van der Waals surface area (Å²) in [5.41, 5.74) is 2.86. The van der Waals surface area contributed by atoms with Gasteiger partial charge in [0, 0.05) is 0 Å². The molecular formula is C11H11NO2S. The van der Waals surface area contributed by atoms with E-state index in [-0.39, 0.29) is 10.8 Å². The van der Waals surface area contributed by atoms with Crippen molar-refractivity contribution in [3.8, 4) is 11.6 Å². The highest BCUT2D eigenvalue weighted by Gasteiger charge is 2.09. The SMILES string of the molecule is Cc1ccc(-n2c(O)csc2=O)c(C)c1. The number of benzene rings is 1. The molecule has 0 atom stereocenters. The van der Waals surface area contributed by atoms with E-state index < -0.39 is 0 Å². The lowest BCUT2D eigenvalue weighted by atomic mass is 10.1. The third-order valence-electron chi connectivity index (χ3n) is 2.27. The quantitative estimate of drug-likeness (QED) is 0.802. The summed E-state index contributed by atoms with van der Waals surface area (Å²) in [4.78, 5) is 11.3. The van der Waals surface area contributed by atoms with Crippen LogP contribution in [-0.4, -0.2) is 9.67 Å². The van der Waals surface area contributed by atoms with Crippen molar-refractivity contribution >= 4 is 11.3 Å². The highest BCUT2D eigenvalue weighted by atomic mass is 32.1. The molecule has 0 fully saturated rings. The minimum absolute atomic E-state index is 0.00282. The van der Waals surface area contributed by atoms with Gasteiger partial charge in [-0.05, 0) is 25.5 Å². The molecule has 3 nitrogen and oxygen atoms in total. The van der Waals surface area contributed by atoms with E-state index in [1.807, 2.05) is 32.0 Å². The molecule has 15 heavy (non-hydrogen) atoms. The van der Waals surface area contributed by atoms with Crippen molar-refractivity contribution in [2.75, 3.05) is 0 Å².